The van der Waals surface area contributed by atoms with Gasteiger partial charge in [0, 0.05) is 33.3 Å². The van der Waals surface area contributed by atoms with E-state index in [0.717, 1.165) is 28.3 Å². The molecule has 3 aromatic rings. The van der Waals surface area contributed by atoms with Crippen LogP contribution in [0.15, 0.2) is 54.6 Å². The molecule has 2 aromatic carbocycles. The molecule has 0 bridgehead atoms. The lowest BCUT2D eigenvalue weighted by Crippen LogP contribution is -2.13. The summed E-state index contributed by atoms with van der Waals surface area (Å²) in [5.41, 5.74) is 5.56. The van der Waals surface area contributed by atoms with Crippen molar-refractivity contribution in [3.63, 3.8) is 0 Å². The summed E-state index contributed by atoms with van der Waals surface area (Å²) in [6.45, 7) is 6.04. The van der Waals surface area contributed by atoms with Gasteiger partial charge < -0.3 is 9.88 Å². The highest BCUT2D eigenvalue weighted by atomic mass is 35.5. The number of carbonyl (C=O) groups is 1. The number of nitrogens with one attached hydrogen (secondary N) is 1. The van der Waals surface area contributed by atoms with Crippen molar-refractivity contribution in [1.82, 2.24) is 4.57 Å². The van der Waals surface area contributed by atoms with Crippen molar-refractivity contribution in [2.24, 2.45) is 0 Å². The van der Waals surface area contributed by atoms with E-state index in [1.54, 1.807) is 6.07 Å². The number of hydrogen-bond donors (Lipinski definition) is 1. The fourth-order valence-corrected chi connectivity index (χ4v) is 2.96. The van der Waals surface area contributed by atoms with E-state index in [4.69, 9.17) is 11.6 Å². The van der Waals surface area contributed by atoms with Gasteiger partial charge in [-0.1, -0.05) is 23.7 Å². The highest BCUT2D eigenvalue weighted by Crippen LogP contribution is 2.22. The van der Waals surface area contributed by atoms with Crippen LogP contribution < -0.4 is 5.32 Å². The molecule has 0 aliphatic heterocycles. The molecule has 3 nitrogen and oxygen atoms in total. The Morgan fingerprint density at radius 2 is 1.67 bits per heavy atom. The van der Waals surface area contributed by atoms with Gasteiger partial charge in [-0.25, -0.2) is 0 Å². The van der Waals surface area contributed by atoms with E-state index in [0.29, 0.717) is 10.6 Å². The number of anilines is 1. The number of aryl methyl sites for hydroxylation is 3. The average molecular weight is 339 g/mol. The molecule has 1 amide bonds. The minimum Gasteiger partial charge on any atom is -0.322 e. The fourth-order valence-electron chi connectivity index (χ4n) is 2.79. The summed E-state index contributed by atoms with van der Waals surface area (Å²) in [5.74, 6) is -0.148. The van der Waals surface area contributed by atoms with Crippen LogP contribution in [0.4, 0.5) is 5.69 Å². The Kier molecular flexibility index (Phi) is 4.45. The lowest BCUT2D eigenvalue weighted by molar-refractivity contribution is 0.102. The lowest BCUT2D eigenvalue weighted by Gasteiger charge is -2.12. The predicted molar refractivity (Wildman–Crippen MR) is 99.4 cm³/mol. The second-order valence-electron chi connectivity index (χ2n) is 5.92. The van der Waals surface area contributed by atoms with Gasteiger partial charge in [-0.15, -0.1) is 0 Å². The minimum absolute atomic E-state index is 0.148. The molecule has 0 fully saturated rings. The first kappa shape index (κ1) is 16.3. The predicted octanol–water partition coefficient (Wildman–Crippen LogP) is 5.31. The van der Waals surface area contributed by atoms with Crippen LogP contribution in [0.3, 0.4) is 0 Å². The van der Waals surface area contributed by atoms with E-state index in [1.807, 2.05) is 43.3 Å². The number of amides is 1. The van der Waals surface area contributed by atoms with Crippen LogP contribution in [-0.4, -0.2) is 10.5 Å². The van der Waals surface area contributed by atoms with Crippen LogP contribution in [0.5, 0.6) is 0 Å². The smallest absolute Gasteiger partial charge is 0.255 e. The third-order valence-corrected chi connectivity index (χ3v) is 4.32. The van der Waals surface area contributed by atoms with Crippen LogP contribution in [0.25, 0.3) is 5.69 Å². The zero-order chi connectivity index (χ0) is 17.3. The van der Waals surface area contributed by atoms with Crippen LogP contribution >= 0.6 is 11.6 Å². The van der Waals surface area contributed by atoms with Gasteiger partial charge in [0.15, 0.2) is 0 Å². The Morgan fingerprint density at radius 3 is 2.38 bits per heavy atom. The van der Waals surface area contributed by atoms with E-state index in [9.17, 15) is 4.79 Å². The van der Waals surface area contributed by atoms with Gasteiger partial charge in [0.2, 0.25) is 0 Å². The van der Waals surface area contributed by atoms with Crippen molar-refractivity contribution >= 4 is 23.2 Å². The number of halogens is 1. The van der Waals surface area contributed by atoms with Crippen molar-refractivity contribution < 1.29 is 4.79 Å². The van der Waals surface area contributed by atoms with E-state index in [2.05, 4.69) is 35.9 Å². The summed E-state index contributed by atoms with van der Waals surface area (Å²) in [6.07, 6.45) is 0. The topological polar surface area (TPSA) is 34.0 Å². The second kappa shape index (κ2) is 6.54. The van der Waals surface area contributed by atoms with Crippen molar-refractivity contribution in [3.05, 3.63) is 82.1 Å². The average Bonchev–Trinajstić information content (AvgIpc) is 2.90. The molecule has 1 aromatic heterocycles. The Bertz CT molecular complexity index is 892. The normalized spacial score (nSPS) is 10.7. The molecular weight excluding hydrogens is 320 g/mol. The number of nitrogens with zero attached hydrogens (tertiary/aromatic N) is 1. The van der Waals surface area contributed by atoms with Crippen LogP contribution in [0.2, 0.25) is 5.02 Å². The Balaban J connectivity index is 1.91. The maximum Gasteiger partial charge on any atom is 0.255 e. The third-order valence-electron chi connectivity index (χ3n) is 4.09. The third kappa shape index (κ3) is 3.22. The number of benzene rings is 2. The summed E-state index contributed by atoms with van der Waals surface area (Å²) >= 11 is 6.02. The Morgan fingerprint density at radius 1 is 0.958 bits per heavy atom. The highest BCUT2D eigenvalue weighted by molar-refractivity contribution is 6.31. The second-order valence-corrected chi connectivity index (χ2v) is 6.35. The quantitative estimate of drug-likeness (QED) is 0.690. The monoisotopic (exact) mass is 338 g/mol. The number of aromatic nitrogens is 1. The molecule has 0 spiro atoms. The van der Waals surface area contributed by atoms with Crippen molar-refractivity contribution in [1.29, 1.82) is 0 Å². The summed E-state index contributed by atoms with van der Waals surface area (Å²) in [7, 11) is 0. The lowest BCUT2D eigenvalue weighted by atomic mass is 10.1. The van der Waals surface area contributed by atoms with Gasteiger partial charge in [0.25, 0.3) is 5.91 Å². The van der Waals surface area contributed by atoms with E-state index >= 15 is 0 Å². The zero-order valence-corrected chi connectivity index (χ0v) is 14.7. The molecule has 1 heterocycles. The van der Waals surface area contributed by atoms with Crippen molar-refractivity contribution in [3.8, 4) is 5.69 Å². The molecule has 0 saturated heterocycles. The fraction of sp³-hybridized carbons (Fsp3) is 0.150. The van der Waals surface area contributed by atoms with E-state index in [-0.39, 0.29) is 5.91 Å². The minimum atomic E-state index is -0.148. The molecule has 0 unspecified atom stereocenters. The molecular formula is C20H19ClN2O. The highest BCUT2D eigenvalue weighted by Gasteiger charge is 2.11. The van der Waals surface area contributed by atoms with Gasteiger partial charge in [-0.05, 0) is 68.8 Å². The number of carbonyl (C=O) groups excluding carboxylic acids is 1. The van der Waals surface area contributed by atoms with Crippen molar-refractivity contribution in [2.75, 3.05) is 5.32 Å². The standard InChI is InChI=1S/C20H19ClN2O/c1-13-7-10-17(21)12-19(13)22-20(24)16-5-4-6-18(11-16)23-14(2)8-9-15(23)3/h4-12H,1-3H3,(H,22,24). The number of hydrogen-bond acceptors (Lipinski definition) is 1. The van der Waals surface area contributed by atoms with Crippen LogP contribution in [-0.2, 0) is 0 Å². The molecule has 24 heavy (non-hydrogen) atoms. The molecule has 0 saturated carbocycles. The summed E-state index contributed by atoms with van der Waals surface area (Å²) in [6, 6.07) is 17.2. The molecule has 3 rings (SSSR count). The molecule has 4 heteroatoms. The van der Waals surface area contributed by atoms with Crippen LogP contribution in [0.1, 0.15) is 27.3 Å². The van der Waals surface area contributed by atoms with Gasteiger partial charge in [-0.2, -0.15) is 0 Å². The Hall–Kier alpha value is -2.52. The van der Waals surface area contributed by atoms with Crippen LogP contribution in [0, 0.1) is 20.8 Å². The van der Waals surface area contributed by atoms with Gasteiger partial charge in [0.05, 0.1) is 0 Å². The van der Waals surface area contributed by atoms with Gasteiger partial charge in [0.1, 0.15) is 0 Å². The summed E-state index contributed by atoms with van der Waals surface area (Å²) in [4.78, 5) is 12.6. The largest absolute Gasteiger partial charge is 0.322 e. The number of rotatable bonds is 3. The van der Waals surface area contributed by atoms with E-state index in [1.165, 1.54) is 0 Å². The summed E-state index contributed by atoms with van der Waals surface area (Å²) < 4.78 is 2.13. The molecule has 0 radical (unpaired) electrons. The SMILES string of the molecule is Cc1ccc(Cl)cc1NC(=O)c1cccc(-n2c(C)ccc2C)c1. The Labute approximate surface area is 146 Å². The van der Waals surface area contributed by atoms with E-state index < -0.39 is 0 Å². The molecule has 0 atom stereocenters. The molecule has 1 N–H and O–H groups in total. The van der Waals surface area contributed by atoms with Crippen molar-refractivity contribution in [2.45, 2.75) is 20.8 Å². The molecule has 122 valence electrons. The molecule has 0 aliphatic carbocycles. The summed E-state index contributed by atoms with van der Waals surface area (Å²) in [5, 5.41) is 3.54. The zero-order valence-electron chi connectivity index (χ0n) is 13.9. The molecule has 0 aliphatic rings. The maximum absolute atomic E-state index is 12.6. The van der Waals surface area contributed by atoms with Gasteiger partial charge >= 0.3 is 0 Å². The maximum atomic E-state index is 12.6. The van der Waals surface area contributed by atoms with Gasteiger partial charge in [-0.3, -0.25) is 4.79 Å². The first-order valence-electron chi connectivity index (χ1n) is 7.78. The first-order chi connectivity index (χ1) is 11.5. The first-order valence-corrected chi connectivity index (χ1v) is 8.16.